The van der Waals surface area contributed by atoms with E-state index in [-0.39, 0.29) is 0 Å². The molecular formula is C24H42FO3P. The highest BCUT2D eigenvalue weighted by Crippen LogP contribution is 2.37. The lowest BCUT2D eigenvalue weighted by molar-refractivity contribution is -0.0178. The number of unbranched alkanes of at least 4 members (excludes halogenated alkanes) is 12. The van der Waals surface area contributed by atoms with Crippen LogP contribution >= 0.6 is 8.60 Å². The van der Waals surface area contributed by atoms with E-state index in [1.165, 1.54) is 89.0 Å². The smallest absolute Gasteiger partial charge is 0.425 e. The van der Waals surface area contributed by atoms with Crippen LogP contribution in [0.5, 0.6) is 5.75 Å². The van der Waals surface area contributed by atoms with Crippen molar-refractivity contribution >= 4 is 8.60 Å². The van der Waals surface area contributed by atoms with Crippen LogP contribution in [0.15, 0.2) is 18.2 Å². The zero-order valence-electron chi connectivity index (χ0n) is 18.6. The zero-order chi connectivity index (χ0) is 21.2. The van der Waals surface area contributed by atoms with Gasteiger partial charge in [-0.3, -0.25) is 0 Å². The summed E-state index contributed by atoms with van der Waals surface area (Å²) >= 11 is 0. The second-order valence-corrected chi connectivity index (χ2v) is 8.88. The summed E-state index contributed by atoms with van der Waals surface area (Å²) in [5.41, 5.74) is 2.35. The zero-order valence-corrected chi connectivity index (χ0v) is 19.5. The fourth-order valence-electron chi connectivity index (χ4n) is 3.73. The number of aryl methyl sites for hydroxylation is 2. The monoisotopic (exact) mass is 428 g/mol. The van der Waals surface area contributed by atoms with Gasteiger partial charge in [0.05, 0.1) is 0 Å². The predicted molar refractivity (Wildman–Crippen MR) is 122 cm³/mol. The molecule has 0 aliphatic carbocycles. The molecule has 0 saturated heterocycles. The maximum atomic E-state index is 12.2. The van der Waals surface area contributed by atoms with Crippen LogP contribution in [-0.2, 0) is 17.6 Å². The first-order valence-corrected chi connectivity index (χ1v) is 12.9. The van der Waals surface area contributed by atoms with Gasteiger partial charge in [0.2, 0.25) is 0 Å². The highest BCUT2D eigenvalue weighted by molar-refractivity contribution is 7.40. The van der Waals surface area contributed by atoms with Crippen LogP contribution in [0.1, 0.15) is 115 Å². The molecule has 0 aromatic heterocycles. The molecule has 0 fully saturated rings. The molecule has 0 heterocycles. The quantitative estimate of drug-likeness (QED) is 0.177. The van der Waals surface area contributed by atoms with Gasteiger partial charge in [0.1, 0.15) is 5.75 Å². The van der Waals surface area contributed by atoms with Crippen LogP contribution < -0.4 is 4.52 Å². The Balaban J connectivity index is 2.47. The Morgan fingerprint density at radius 3 is 1.83 bits per heavy atom. The van der Waals surface area contributed by atoms with E-state index in [4.69, 9.17) is 4.52 Å². The maximum absolute atomic E-state index is 12.2. The van der Waals surface area contributed by atoms with Crippen molar-refractivity contribution in [2.24, 2.45) is 0 Å². The summed E-state index contributed by atoms with van der Waals surface area (Å²) in [4.78, 5) is 9.40. The predicted octanol–water partition coefficient (Wildman–Crippen LogP) is 8.77. The minimum atomic E-state index is -2.50. The van der Waals surface area contributed by atoms with Crippen LogP contribution in [0, 0.1) is 0 Å². The van der Waals surface area contributed by atoms with Crippen LogP contribution in [0.2, 0.25) is 0 Å². The van der Waals surface area contributed by atoms with E-state index in [1.807, 2.05) is 12.1 Å². The third-order valence-electron chi connectivity index (χ3n) is 5.48. The molecule has 1 aromatic rings. The van der Waals surface area contributed by atoms with Gasteiger partial charge in [0.25, 0.3) is 0 Å². The molecule has 1 unspecified atom stereocenters. The van der Waals surface area contributed by atoms with E-state index in [0.29, 0.717) is 5.75 Å². The second kappa shape index (κ2) is 18.1. The molecule has 0 saturated carbocycles. The topological polar surface area (TPSA) is 38.7 Å². The number of benzene rings is 1. The third-order valence-corrected chi connectivity index (χ3v) is 5.95. The Bertz CT molecular complexity index is 513. The minimum absolute atomic E-state index is 0.547. The molecule has 29 heavy (non-hydrogen) atoms. The van der Waals surface area contributed by atoms with Gasteiger partial charge < -0.3 is 9.42 Å². The van der Waals surface area contributed by atoms with Crippen molar-refractivity contribution in [3.8, 4) is 5.75 Å². The molecule has 168 valence electrons. The van der Waals surface area contributed by atoms with Gasteiger partial charge in [-0.05, 0) is 47.4 Å². The first-order valence-electron chi connectivity index (χ1n) is 11.8. The summed E-state index contributed by atoms with van der Waals surface area (Å²) in [5.74, 6) is 0.547. The van der Waals surface area contributed by atoms with Crippen LogP contribution in [0.25, 0.3) is 0 Å². The third kappa shape index (κ3) is 13.3. The normalized spacial score (nSPS) is 12.3. The van der Waals surface area contributed by atoms with Crippen molar-refractivity contribution in [3.63, 3.8) is 0 Å². The van der Waals surface area contributed by atoms with Gasteiger partial charge in [-0.25, -0.2) is 0 Å². The summed E-state index contributed by atoms with van der Waals surface area (Å²) < 4.78 is 20.9. The molecule has 0 aliphatic rings. The lowest BCUT2D eigenvalue weighted by Gasteiger charge is -2.14. The molecule has 1 rings (SSSR count). The van der Waals surface area contributed by atoms with E-state index in [0.717, 1.165) is 24.8 Å². The average molecular weight is 429 g/mol. The lowest BCUT2D eigenvalue weighted by Crippen LogP contribution is -1.97. The standard InChI is InChI=1S/C24H42FO3P/c1-3-5-7-9-11-13-15-17-22-19-20-24(27-29(26)28-25)23(21-22)18-16-14-12-10-8-6-4-2/h19-21,26H,3-18H2,1-2H3. The van der Waals surface area contributed by atoms with E-state index < -0.39 is 8.60 Å². The van der Waals surface area contributed by atoms with E-state index in [2.05, 4.69) is 24.6 Å². The number of rotatable bonds is 19. The first kappa shape index (κ1) is 26.3. The largest absolute Gasteiger partial charge is 0.428 e. The molecule has 0 bridgehead atoms. The van der Waals surface area contributed by atoms with Gasteiger partial charge in [-0.2, -0.15) is 0 Å². The molecule has 1 aromatic carbocycles. The fourth-order valence-corrected chi connectivity index (χ4v) is 4.10. The first-order chi connectivity index (χ1) is 14.2. The Morgan fingerprint density at radius 1 is 0.759 bits per heavy atom. The summed E-state index contributed by atoms with van der Waals surface area (Å²) in [6.45, 7) is 4.48. The van der Waals surface area contributed by atoms with Crippen molar-refractivity contribution in [3.05, 3.63) is 29.3 Å². The Morgan fingerprint density at radius 2 is 1.28 bits per heavy atom. The maximum Gasteiger partial charge on any atom is 0.428 e. The molecule has 1 atom stereocenters. The summed E-state index contributed by atoms with van der Waals surface area (Å²) in [7, 11) is -2.50. The van der Waals surface area contributed by atoms with E-state index in [9.17, 15) is 9.42 Å². The minimum Gasteiger partial charge on any atom is -0.425 e. The number of halogens is 1. The van der Waals surface area contributed by atoms with Gasteiger partial charge >= 0.3 is 8.60 Å². The molecule has 0 amide bonds. The summed E-state index contributed by atoms with van der Waals surface area (Å²) in [6, 6.07) is 6.06. The van der Waals surface area contributed by atoms with Gasteiger partial charge in [0, 0.05) is 0 Å². The van der Waals surface area contributed by atoms with Crippen molar-refractivity contribution < 1.29 is 18.7 Å². The van der Waals surface area contributed by atoms with Crippen LogP contribution in [0.3, 0.4) is 0 Å². The van der Waals surface area contributed by atoms with Crippen LogP contribution in [-0.4, -0.2) is 4.89 Å². The highest BCUT2D eigenvalue weighted by Gasteiger charge is 2.13. The highest BCUT2D eigenvalue weighted by atomic mass is 31.2. The second-order valence-electron chi connectivity index (χ2n) is 8.08. The molecular weight excluding hydrogens is 386 g/mol. The molecule has 0 spiro atoms. The van der Waals surface area contributed by atoms with Gasteiger partial charge in [-0.15, -0.1) is 0 Å². The molecule has 3 nitrogen and oxygen atoms in total. The van der Waals surface area contributed by atoms with Gasteiger partial charge in [0.15, 0.2) is 0 Å². The molecule has 0 aliphatic heterocycles. The van der Waals surface area contributed by atoms with Crippen molar-refractivity contribution in [2.75, 3.05) is 0 Å². The van der Waals surface area contributed by atoms with Crippen molar-refractivity contribution in [1.82, 2.24) is 0 Å². The molecule has 5 heteroatoms. The SMILES string of the molecule is CCCCCCCCCc1ccc(OP(O)OF)c(CCCCCCCCC)c1. The summed E-state index contributed by atoms with van der Waals surface area (Å²) in [6.07, 6.45) is 19.8. The number of hydrogen-bond acceptors (Lipinski definition) is 3. The summed E-state index contributed by atoms with van der Waals surface area (Å²) in [5, 5.41) is 0. The van der Waals surface area contributed by atoms with E-state index >= 15 is 0 Å². The van der Waals surface area contributed by atoms with Crippen molar-refractivity contribution in [2.45, 2.75) is 117 Å². The Kier molecular flexibility index (Phi) is 16.4. The lowest BCUT2D eigenvalue weighted by atomic mass is 9.99. The molecule has 1 N–H and O–H groups in total. The van der Waals surface area contributed by atoms with E-state index in [1.54, 1.807) is 0 Å². The average Bonchev–Trinajstić information content (AvgIpc) is 2.73. The molecule has 0 radical (unpaired) electrons. The van der Waals surface area contributed by atoms with Crippen LogP contribution in [0.4, 0.5) is 4.53 Å². The van der Waals surface area contributed by atoms with Crippen molar-refractivity contribution in [1.29, 1.82) is 0 Å². The Hall–Kier alpha value is -0.700. The fraction of sp³-hybridized carbons (Fsp3) is 0.750. The number of hydrogen-bond donors (Lipinski definition) is 1. The Labute approximate surface area is 179 Å². The van der Waals surface area contributed by atoms with Gasteiger partial charge in [-0.1, -0.05) is 108 Å².